The van der Waals surface area contributed by atoms with Crippen molar-refractivity contribution in [1.29, 1.82) is 0 Å². The van der Waals surface area contributed by atoms with Crippen LogP contribution in [-0.2, 0) is 30.0 Å². The molecule has 0 spiro atoms. The summed E-state index contributed by atoms with van der Waals surface area (Å²) in [5.74, 6) is -0.0127. The first-order valence-electron chi connectivity index (χ1n) is 7.75. The minimum absolute atomic E-state index is 0.0505. The Morgan fingerprint density at radius 1 is 1.31 bits per heavy atom. The van der Waals surface area contributed by atoms with Gasteiger partial charge in [0.05, 0.1) is 5.02 Å². The monoisotopic (exact) mass is 398 g/mol. The Balaban J connectivity index is 1.95. The van der Waals surface area contributed by atoms with Crippen LogP contribution in [0.2, 0.25) is 5.02 Å². The molecular weight excluding hydrogens is 383 g/mol. The van der Waals surface area contributed by atoms with Crippen LogP contribution in [0.25, 0.3) is 5.52 Å². The number of aryl methyl sites for hydroxylation is 2. The second-order valence-corrected chi connectivity index (χ2v) is 7.88. The predicted octanol–water partition coefficient (Wildman–Crippen LogP) is 1.87. The van der Waals surface area contributed by atoms with E-state index in [9.17, 15) is 17.6 Å². The first kappa shape index (κ1) is 18.6. The van der Waals surface area contributed by atoms with Gasteiger partial charge in [0.2, 0.25) is 10.0 Å². The zero-order valence-electron chi connectivity index (χ0n) is 14.0. The molecule has 26 heavy (non-hydrogen) atoms. The largest absolute Gasteiger partial charge is 0.297 e. The van der Waals surface area contributed by atoms with Crippen LogP contribution in [0, 0.1) is 5.82 Å². The number of nitrogens with one attached hydrogen (secondary N) is 1. The number of hydrogen-bond acceptors (Lipinski definition) is 4. The first-order valence-corrected chi connectivity index (χ1v) is 9.61. The lowest BCUT2D eigenvalue weighted by molar-refractivity contribution is 0.581. The highest BCUT2D eigenvalue weighted by Gasteiger charge is 2.19. The van der Waals surface area contributed by atoms with E-state index in [2.05, 4.69) is 9.82 Å². The summed E-state index contributed by atoms with van der Waals surface area (Å²) in [6.07, 6.45) is 1.89. The van der Waals surface area contributed by atoms with Crippen molar-refractivity contribution < 1.29 is 12.8 Å². The molecule has 2 heterocycles. The van der Waals surface area contributed by atoms with Crippen molar-refractivity contribution in [2.24, 2.45) is 7.05 Å². The smallest absolute Gasteiger partial charge is 0.290 e. The summed E-state index contributed by atoms with van der Waals surface area (Å²) in [4.78, 5) is 12.1. The summed E-state index contributed by atoms with van der Waals surface area (Å²) in [6.45, 7) is 1.79. The zero-order valence-corrected chi connectivity index (χ0v) is 15.6. The molecule has 1 aromatic carbocycles. The number of fused-ring (bicyclic) bond motifs is 1. The summed E-state index contributed by atoms with van der Waals surface area (Å²) in [5.41, 5.74) is 0.342. The average molecular weight is 399 g/mol. The van der Waals surface area contributed by atoms with E-state index < -0.39 is 21.4 Å². The van der Waals surface area contributed by atoms with Crippen LogP contribution < -0.4 is 10.3 Å². The Bertz CT molecular complexity index is 1150. The van der Waals surface area contributed by atoms with E-state index in [-0.39, 0.29) is 22.0 Å². The van der Waals surface area contributed by atoms with Gasteiger partial charge < -0.3 is 0 Å². The maximum Gasteiger partial charge on any atom is 0.290 e. The van der Waals surface area contributed by atoms with Gasteiger partial charge in [0.1, 0.15) is 22.1 Å². The van der Waals surface area contributed by atoms with E-state index in [0.717, 1.165) is 0 Å². The van der Waals surface area contributed by atoms with E-state index >= 15 is 0 Å². The van der Waals surface area contributed by atoms with Crippen molar-refractivity contribution in [2.45, 2.75) is 24.8 Å². The van der Waals surface area contributed by atoms with Crippen LogP contribution in [-0.4, -0.2) is 22.6 Å². The Labute approximate surface area is 154 Å². The van der Waals surface area contributed by atoms with Crippen molar-refractivity contribution in [2.75, 3.05) is 0 Å². The molecule has 3 rings (SSSR count). The molecule has 1 N–H and O–H groups in total. The quantitative estimate of drug-likeness (QED) is 0.711. The van der Waals surface area contributed by atoms with Crippen LogP contribution >= 0.6 is 11.6 Å². The van der Waals surface area contributed by atoms with Crippen molar-refractivity contribution in [3.8, 4) is 0 Å². The molecule has 3 aromatic rings. The number of sulfonamides is 1. The van der Waals surface area contributed by atoms with Gasteiger partial charge in [-0.25, -0.2) is 22.2 Å². The zero-order chi connectivity index (χ0) is 19.1. The molecule has 2 aromatic heterocycles. The number of benzene rings is 1. The van der Waals surface area contributed by atoms with E-state index in [0.29, 0.717) is 17.8 Å². The lowest BCUT2D eigenvalue weighted by Gasteiger charge is -2.06. The van der Waals surface area contributed by atoms with E-state index in [1.807, 2.05) is 6.92 Å². The molecule has 0 aliphatic rings. The predicted molar refractivity (Wildman–Crippen MR) is 95.2 cm³/mol. The maximum absolute atomic E-state index is 13.2. The molecule has 0 atom stereocenters. The lowest BCUT2D eigenvalue weighted by Crippen LogP contribution is -2.23. The van der Waals surface area contributed by atoms with Gasteiger partial charge in [-0.05, 0) is 23.8 Å². The second kappa shape index (κ2) is 6.82. The third-order valence-electron chi connectivity index (χ3n) is 3.93. The third-order valence-corrected chi connectivity index (χ3v) is 5.59. The van der Waals surface area contributed by atoms with E-state index in [4.69, 9.17) is 11.6 Å². The highest BCUT2D eigenvalue weighted by molar-refractivity contribution is 7.89. The van der Waals surface area contributed by atoms with Crippen molar-refractivity contribution in [3.63, 3.8) is 0 Å². The lowest BCUT2D eigenvalue weighted by atomic mass is 10.2. The molecule has 7 nitrogen and oxygen atoms in total. The minimum Gasteiger partial charge on any atom is -0.297 e. The standard InChI is InChI=1S/C16H16ClFN4O3S/c1-3-15-20-21(2)16(23)14-7-11(9-22(14)15)26(24,25)19-8-10-4-5-13(18)12(17)6-10/h4-7,9,19H,3,8H2,1-2H3. The van der Waals surface area contributed by atoms with Gasteiger partial charge in [-0.15, -0.1) is 0 Å². The van der Waals surface area contributed by atoms with Gasteiger partial charge in [-0.3, -0.25) is 9.20 Å². The third kappa shape index (κ3) is 3.37. The molecule has 10 heteroatoms. The van der Waals surface area contributed by atoms with Crippen LogP contribution in [0.15, 0.2) is 40.2 Å². The van der Waals surface area contributed by atoms with E-state index in [1.165, 1.54) is 46.6 Å². The number of halogens is 2. The fourth-order valence-electron chi connectivity index (χ4n) is 2.55. The molecule has 0 saturated heterocycles. The van der Waals surface area contributed by atoms with Crippen molar-refractivity contribution in [3.05, 3.63) is 63.0 Å². The molecule has 0 fully saturated rings. The Hall–Kier alpha value is -2.23. The van der Waals surface area contributed by atoms with Crippen LogP contribution in [0.5, 0.6) is 0 Å². The molecule has 0 bridgehead atoms. The SMILES string of the molecule is CCc1nn(C)c(=O)c2cc(S(=O)(=O)NCc3ccc(F)c(Cl)c3)cn12. The molecule has 0 saturated carbocycles. The Morgan fingerprint density at radius 2 is 2.04 bits per heavy atom. The van der Waals surface area contributed by atoms with E-state index in [1.54, 1.807) is 0 Å². The topological polar surface area (TPSA) is 85.5 Å². The molecular formula is C16H16ClFN4O3S. The molecule has 0 radical (unpaired) electrons. The second-order valence-electron chi connectivity index (χ2n) is 5.70. The normalized spacial score (nSPS) is 12.0. The number of rotatable bonds is 5. The molecule has 0 unspecified atom stereocenters. The van der Waals surface area contributed by atoms with Gasteiger partial charge in [-0.2, -0.15) is 5.10 Å². The summed E-state index contributed by atoms with van der Waals surface area (Å²) in [7, 11) is -2.37. The number of aromatic nitrogens is 3. The van der Waals surface area contributed by atoms with Gasteiger partial charge >= 0.3 is 0 Å². The minimum atomic E-state index is -3.88. The molecule has 138 valence electrons. The Kier molecular flexibility index (Phi) is 4.87. The van der Waals surface area contributed by atoms with Crippen molar-refractivity contribution >= 4 is 27.1 Å². The number of nitrogens with zero attached hydrogens (tertiary/aromatic N) is 3. The van der Waals surface area contributed by atoms with Gasteiger partial charge in [0.25, 0.3) is 5.56 Å². The molecule has 0 aliphatic heterocycles. The fraction of sp³-hybridized carbons (Fsp3) is 0.250. The molecule has 0 amide bonds. The van der Waals surface area contributed by atoms with Crippen molar-refractivity contribution in [1.82, 2.24) is 18.9 Å². The first-order chi connectivity index (χ1) is 12.2. The van der Waals surface area contributed by atoms with Gasteiger partial charge in [0.15, 0.2) is 0 Å². The van der Waals surface area contributed by atoms with Crippen LogP contribution in [0.3, 0.4) is 0 Å². The molecule has 0 aliphatic carbocycles. The summed E-state index contributed by atoms with van der Waals surface area (Å²) < 4.78 is 43.4. The fourth-order valence-corrected chi connectivity index (χ4v) is 3.79. The van der Waals surface area contributed by atoms with Crippen LogP contribution in [0.1, 0.15) is 18.3 Å². The Morgan fingerprint density at radius 3 is 2.69 bits per heavy atom. The average Bonchev–Trinajstić information content (AvgIpc) is 3.06. The van der Waals surface area contributed by atoms with Crippen LogP contribution in [0.4, 0.5) is 4.39 Å². The summed E-state index contributed by atoms with van der Waals surface area (Å²) in [6, 6.07) is 5.27. The highest BCUT2D eigenvalue weighted by atomic mass is 35.5. The highest BCUT2D eigenvalue weighted by Crippen LogP contribution is 2.18. The van der Waals surface area contributed by atoms with Gasteiger partial charge in [0, 0.05) is 26.2 Å². The number of hydrogen-bond donors (Lipinski definition) is 1. The summed E-state index contributed by atoms with van der Waals surface area (Å²) in [5, 5.41) is 4.04. The maximum atomic E-state index is 13.2. The summed E-state index contributed by atoms with van der Waals surface area (Å²) >= 11 is 5.70. The van der Waals surface area contributed by atoms with Gasteiger partial charge in [-0.1, -0.05) is 24.6 Å².